The fraction of sp³-hybridized carbons (Fsp3) is 0.588. The van der Waals surface area contributed by atoms with Crippen LogP contribution < -0.4 is 4.74 Å². The average Bonchev–Trinajstić information content (AvgIpc) is 2.44. The molecule has 1 fully saturated rings. The zero-order valence-corrected chi connectivity index (χ0v) is 12.8. The molecule has 1 amide bonds. The zero-order valence-electron chi connectivity index (χ0n) is 12.8. The van der Waals surface area contributed by atoms with Crippen LogP contribution in [0.5, 0.6) is 5.75 Å². The monoisotopic (exact) mass is 275 g/mol. The van der Waals surface area contributed by atoms with Gasteiger partial charge in [0.1, 0.15) is 5.75 Å². The number of ether oxygens (including phenoxy) is 1. The Morgan fingerprint density at radius 1 is 1.20 bits per heavy atom. The Morgan fingerprint density at radius 3 is 2.35 bits per heavy atom. The van der Waals surface area contributed by atoms with Gasteiger partial charge in [0, 0.05) is 19.5 Å². The number of nitrogens with zero attached hydrogens (tertiary/aromatic N) is 1. The molecule has 0 spiro atoms. The molecule has 1 heterocycles. The van der Waals surface area contributed by atoms with Crippen molar-refractivity contribution in [2.75, 3.05) is 20.2 Å². The maximum atomic E-state index is 12.3. The topological polar surface area (TPSA) is 29.5 Å². The first-order valence-corrected chi connectivity index (χ1v) is 7.49. The number of hydrogen-bond acceptors (Lipinski definition) is 2. The lowest BCUT2D eigenvalue weighted by atomic mass is 9.91. The molecule has 0 N–H and O–H groups in total. The molecule has 1 saturated heterocycles. The van der Waals surface area contributed by atoms with Crippen molar-refractivity contribution in [2.24, 2.45) is 11.8 Å². The molecule has 0 bridgehead atoms. The predicted molar refractivity (Wildman–Crippen MR) is 80.8 cm³/mol. The standard InChI is InChI=1S/C17H25NO2/c1-13-10-14(2)12-18(11-13)17(19)9-6-15-4-7-16(20-3)8-5-15/h4-5,7-8,13-14H,6,9-12H2,1-3H3. The molecule has 0 saturated carbocycles. The van der Waals surface area contributed by atoms with E-state index in [1.807, 2.05) is 29.2 Å². The number of hydrogen-bond donors (Lipinski definition) is 0. The van der Waals surface area contributed by atoms with Gasteiger partial charge in [0.15, 0.2) is 0 Å². The van der Waals surface area contributed by atoms with Crippen LogP contribution in [0.1, 0.15) is 32.3 Å². The third-order valence-electron chi connectivity index (χ3n) is 4.01. The van der Waals surface area contributed by atoms with E-state index in [1.54, 1.807) is 7.11 Å². The average molecular weight is 275 g/mol. The summed E-state index contributed by atoms with van der Waals surface area (Å²) in [4.78, 5) is 14.3. The molecular formula is C17H25NO2. The summed E-state index contributed by atoms with van der Waals surface area (Å²) in [5.41, 5.74) is 1.19. The minimum absolute atomic E-state index is 0.291. The van der Waals surface area contributed by atoms with Crippen molar-refractivity contribution in [3.63, 3.8) is 0 Å². The summed E-state index contributed by atoms with van der Waals surface area (Å²) in [6.45, 7) is 6.32. The van der Waals surface area contributed by atoms with Gasteiger partial charge < -0.3 is 9.64 Å². The van der Waals surface area contributed by atoms with Gasteiger partial charge in [-0.15, -0.1) is 0 Å². The maximum Gasteiger partial charge on any atom is 0.222 e. The van der Waals surface area contributed by atoms with Gasteiger partial charge in [-0.25, -0.2) is 0 Å². The van der Waals surface area contributed by atoms with E-state index in [2.05, 4.69) is 13.8 Å². The van der Waals surface area contributed by atoms with Crippen LogP contribution in [0, 0.1) is 11.8 Å². The minimum Gasteiger partial charge on any atom is -0.497 e. The second-order valence-electron chi connectivity index (χ2n) is 6.09. The highest BCUT2D eigenvalue weighted by atomic mass is 16.5. The van der Waals surface area contributed by atoms with E-state index >= 15 is 0 Å². The first-order chi connectivity index (χ1) is 9.58. The minimum atomic E-state index is 0.291. The maximum absolute atomic E-state index is 12.3. The van der Waals surface area contributed by atoms with E-state index in [0.29, 0.717) is 24.2 Å². The van der Waals surface area contributed by atoms with Crippen LogP contribution in [0.4, 0.5) is 0 Å². The van der Waals surface area contributed by atoms with Gasteiger partial charge in [-0.2, -0.15) is 0 Å². The number of rotatable bonds is 4. The smallest absolute Gasteiger partial charge is 0.222 e. The van der Waals surface area contributed by atoms with Crippen molar-refractivity contribution >= 4 is 5.91 Å². The molecule has 0 aromatic heterocycles. The lowest BCUT2D eigenvalue weighted by Crippen LogP contribution is -2.42. The number of amides is 1. The fourth-order valence-corrected chi connectivity index (χ4v) is 3.07. The second kappa shape index (κ2) is 6.78. The van der Waals surface area contributed by atoms with Crippen molar-refractivity contribution in [3.05, 3.63) is 29.8 Å². The number of methoxy groups -OCH3 is 1. The summed E-state index contributed by atoms with van der Waals surface area (Å²) in [7, 11) is 1.66. The summed E-state index contributed by atoms with van der Waals surface area (Å²) in [6.07, 6.45) is 2.65. The third kappa shape index (κ3) is 3.99. The SMILES string of the molecule is COc1ccc(CCC(=O)N2CC(C)CC(C)C2)cc1. The van der Waals surface area contributed by atoms with E-state index in [9.17, 15) is 4.79 Å². The number of aryl methyl sites for hydroxylation is 1. The van der Waals surface area contributed by atoms with Gasteiger partial charge in [-0.3, -0.25) is 4.79 Å². The zero-order chi connectivity index (χ0) is 14.5. The molecule has 0 radical (unpaired) electrons. The second-order valence-corrected chi connectivity index (χ2v) is 6.09. The molecule has 1 aromatic carbocycles. The summed E-state index contributed by atoms with van der Waals surface area (Å²) < 4.78 is 5.14. The highest BCUT2D eigenvalue weighted by molar-refractivity contribution is 5.76. The normalized spacial score (nSPS) is 22.6. The van der Waals surface area contributed by atoms with Crippen molar-refractivity contribution in [1.29, 1.82) is 0 Å². The van der Waals surface area contributed by atoms with E-state index in [4.69, 9.17) is 4.74 Å². The number of carbonyl (C=O) groups excluding carboxylic acids is 1. The Morgan fingerprint density at radius 2 is 1.80 bits per heavy atom. The van der Waals surface area contributed by atoms with Gasteiger partial charge in [0.2, 0.25) is 5.91 Å². The first-order valence-electron chi connectivity index (χ1n) is 7.49. The Kier molecular flexibility index (Phi) is 5.05. The number of piperidine rings is 1. The van der Waals surface area contributed by atoms with Crippen molar-refractivity contribution < 1.29 is 9.53 Å². The predicted octanol–water partition coefficient (Wildman–Crippen LogP) is 3.13. The molecule has 20 heavy (non-hydrogen) atoms. The van der Waals surface area contributed by atoms with E-state index < -0.39 is 0 Å². The Bertz CT molecular complexity index is 431. The molecule has 1 aliphatic heterocycles. The van der Waals surface area contributed by atoms with Crippen LogP contribution in [0.3, 0.4) is 0 Å². The highest BCUT2D eigenvalue weighted by Gasteiger charge is 2.24. The fourth-order valence-electron chi connectivity index (χ4n) is 3.07. The van der Waals surface area contributed by atoms with Gasteiger partial charge in [-0.1, -0.05) is 26.0 Å². The van der Waals surface area contributed by atoms with E-state index in [-0.39, 0.29) is 0 Å². The van der Waals surface area contributed by atoms with Crippen LogP contribution in [0.2, 0.25) is 0 Å². The molecule has 2 rings (SSSR count). The highest BCUT2D eigenvalue weighted by Crippen LogP contribution is 2.22. The van der Waals surface area contributed by atoms with Gasteiger partial charge >= 0.3 is 0 Å². The summed E-state index contributed by atoms with van der Waals surface area (Å²) in [6, 6.07) is 7.97. The van der Waals surface area contributed by atoms with Crippen LogP contribution >= 0.6 is 0 Å². The molecule has 2 unspecified atom stereocenters. The Hall–Kier alpha value is -1.51. The quantitative estimate of drug-likeness (QED) is 0.845. The summed E-state index contributed by atoms with van der Waals surface area (Å²) in [5, 5.41) is 0. The van der Waals surface area contributed by atoms with Crippen molar-refractivity contribution in [3.8, 4) is 5.75 Å². The molecule has 1 aromatic rings. The van der Waals surface area contributed by atoms with Crippen molar-refractivity contribution in [2.45, 2.75) is 33.1 Å². The molecule has 0 aliphatic carbocycles. The Balaban J connectivity index is 1.84. The largest absolute Gasteiger partial charge is 0.497 e. The van der Waals surface area contributed by atoms with Crippen LogP contribution in [0.15, 0.2) is 24.3 Å². The first kappa shape index (κ1) is 14.9. The Labute approximate surface area is 121 Å². The van der Waals surface area contributed by atoms with E-state index in [0.717, 1.165) is 25.3 Å². The van der Waals surface area contributed by atoms with Crippen LogP contribution in [0.25, 0.3) is 0 Å². The lowest BCUT2D eigenvalue weighted by Gasteiger charge is -2.35. The third-order valence-corrected chi connectivity index (χ3v) is 4.01. The van der Waals surface area contributed by atoms with E-state index in [1.165, 1.54) is 12.0 Å². The summed E-state index contributed by atoms with van der Waals surface area (Å²) in [5.74, 6) is 2.41. The number of benzene rings is 1. The van der Waals surface area contributed by atoms with Gasteiger partial charge in [-0.05, 0) is 42.4 Å². The molecule has 110 valence electrons. The van der Waals surface area contributed by atoms with Crippen LogP contribution in [-0.4, -0.2) is 31.0 Å². The molecule has 3 nitrogen and oxygen atoms in total. The van der Waals surface area contributed by atoms with Gasteiger partial charge in [0.05, 0.1) is 7.11 Å². The summed E-state index contributed by atoms with van der Waals surface area (Å²) >= 11 is 0. The lowest BCUT2D eigenvalue weighted by molar-refractivity contribution is -0.133. The molecule has 2 atom stereocenters. The molecule has 3 heteroatoms. The van der Waals surface area contributed by atoms with Crippen LogP contribution in [-0.2, 0) is 11.2 Å². The van der Waals surface area contributed by atoms with Gasteiger partial charge in [0.25, 0.3) is 0 Å². The molecule has 1 aliphatic rings. The molecular weight excluding hydrogens is 250 g/mol. The number of likely N-dealkylation sites (tertiary alicyclic amines) is 1. The number of carbonyl (C=O) groups is 1. The van der Waals surface area contributed by atoms with Crippen molar-refractivity contribution in [1.82, 2.24) is 4.90 Å².